The van der Waals surface area contributed by atoms with Crippen LogP contribution < -0.4 is 24.7 Å². The lowest BCUT2D eigenvalue weighted by Crippen LogP contribution is -2.16. The molecule has 0 unspecified atom stereocenters. The summed E-state index contributed by atoms with van der Waals surface area (Å²) in [6.45, 7) is 0.222. The number of hydrogen-bond donors (Lipinski definition) is 1. The number of ether oxygens (including phenoxy) is 4. The Hall–Kier alpha value is -4.25. The van der Waals surface area contributed by atoms with Crippen molar-refractivity contribution in [2.24, 2.45) is 5.73 Å². The molecule has 4 aromatic rings. The lowest BCUT2D eigenvalue weighted by Gasteiger charge is -2.16. The molecule has 1 aromatic carbocycles. The van der Waals surface area contributed by atoms with Crippen LogP contribution in [-0.4, -0.2) is 46.2 Å². The van der Waals surface area contributed by atoms with E-state index in [0.717, 1.165) is 4.47 Å². The fraction of sp³-hybridized carbons (Fsp3) is 0.125. The Bertz CT molecular complexity index is 1310. The van der Waals surface area contributed by atoms with E-state index < -0.39 is 5.91 Å². The van der Waals surface area contributed by atoms with Crippen LogP contribution in [0.25, 0.3) is 11.4 Å². The van der Waals surface area contributed by atoms with E-state index in [0.29, 0.717) is 17.2 Å². The van der Waals surface area contributed by atoms with E-state index in [4.69, 9.17) is 24.7 Å². The van der Waals surface area contributed by atoms with Crippen molar-refractivity contribution in [3.05, 3.63) is 77.2 Å². The normalized spacial score (nSPS) is 10.5. The number of pyridine rings is 2. The van der Waals surface area contributed by atoms with E-state index >= 15 is 0 Å². The number of carbonyl (C=O) groups is 1. The molecule has 4 rings (SSSR count). The number of carbonyl (C=O) groups excluding carboxylic acids is 1. The number of amides is 1. The predicted octanol–water partition coefficient (Wildman–Crippen LogP) is 4.05. The van der Waals surface area contributed by atoms with Gasteiger partial charge in [-0.05, 0) is 40.2 Å². The van der Waals surface area contributed by atoms with Gasteiger partial charge in [0.2, 0.25) is 0 Å². The number of methoxy groups -OCH3 is 1. The van der Waals surface area contributed by atoms with Crippen molar-refractivity contribution in [3.8, 4) is 40.5 Å². The lowest BCUT2D eigenvalue weighted by molar-refractivity contribution is 0.1000. The van der Waals surface area contributed by atoms with Crippen LogP contribution in [0.2, 0.25) is 0 Å². The number of primary amides is 1. The molecule has 0 aliphatic carbocycles. The highest BCUT2D eigenvalue weighted by atomic mass is 79.9. The average Bonchev–Trinajstić information content (AvgIpc) is 2.88. The number of halogens is 1. The van der Waals surface area contributed by atoms with E-state index in [-0.39, 0.29) is 42.1 Å². The van der Waals surface area contributed by atoms with Crippen molar-refractivity contribution in [2.45, 2.75) is 0 Å². The van der Waals surface area contributed by atoms with E-state index in [2.05, 4.69) is 35.9 Å². The topological polar surface area (TPSA) is 132 Å². The summed E-state index contributed by atoms with van der Waals surface area (Å²) in [6.07, 6.45) is 4.74. The number of para-hydroxylation sites is 2. The maximum absolute atomic E-state index is 12.3. The zero-order valence-electron chi connectivity index (χ0n) is 18.6. The van der Waals surface area contributed by atoms with Crippen LogP contribution in [0.1, 0.15) is 10.4 Å². The third kappa shape index (κ3) is 6.01. The molecule has 3 heterocycles. The SMILES string of the molecule is COc1ccccc1Oc1cc(C(N)=O)c(-c2ccccn2)nc1OCCOc1ncc(Br)cn1. The minimum atomic E-state index is -0.690. The largest absolute Gasteiger partial charge is 0.493 e. The second-order valence-corrected chi connectivity index (χ2v) is 7.82. The Balaban J connectivity index is 1.65. The van der Waals surface area contributed by atoms with Crippen LogP contribution in [-0.2, 0) is 0 Å². The smallest absolute Gasteiger partial charge is 0.316 e. The van der Waals surface area contributed by atoms with Gasteiger partial charge in [-0.3, -0.25) is 9.78 Å². The molecule has 10 nitrogen and oxygen atoms in total. The van der Waals surface area contributed by atoms with Gasteiger partial charge in [0.05, 0.1) is 22.8 Å². The number of rotatable bonds is 10. The monoisotopic (exact) mass is 537 g/mol. The Labute approximate surface area is 209 Å². The molecule has 2 N–H and O–H groups in total. The molecule has 3 aromatic heterocycles. The summed E-state index contributed by atoms with van der Waals surface area (Å²) in [5, 5.41) is 0. The third-order valence-electron chi connectivity index (χ3n) is 4.57. The van der Waals surface area contributed by atoms with Gasteiger partial charge in [0.1, 0.15) is 18.9 Å². The standard InChI is InChI=1S/C24H20BrN5O5/c1-32-18-7-2-3-8-19(18)35-20-12-16(22(26)31)21(17-6-4-5-9-27-17)30-23(20)33-10-11-34-24-28-13-15(25)14-29-24/h2-9,12-14H,10-11H2,1H3,(H2,26,31). The zero-order valence-corrected chi connectivity index (χ0v) is 20.1. The first-order valence-corrected chi connectivity index (χ1v) is 11.1. The highest BCUT2D eigenvalue weighted by molar-refractivity contribution is 9.10. The Morgan fingerprint density at radius 3 is 2.34 bits per heavy atom. The van der Waals surface area contributed by atoms with Crippen LogP contribution in [0.5, 0.6) is 29.1 Å². The summed E-state index contributed by atoms with van der Waals surface area (Å²) in [5.74, 6) is 0.487. The molecular formula is C24H20BrN5O5. The lowest BCUT2D eigenvalue weighted by atomic mass is 10.1. The molecule has 0 radical (unpaired) electrons. The second-order valence-electron chi connectivity index (χ2n) is 6.90. The van der Waals surface area contributed by atoms with Gasteiger partial charge < -0.3 is 24.7 Å². The summed E-state index contributed by atoms with van der Waals surface area (Å²) < 4.78 is 23.5. The summed E-state index contributed by atoms with van der Waals surface area (Å²) in [6, 6.07) is 14.0. The van der Waals surface area contributed by atoms with Crippen molar-refractivity contribution < 1.29 is 23.7 Å². The molecular weight excluding hydrogens is 518 g/mol. The van der Waals surface area contributed by atoms with Crippen molar-refractivity contribution in [1.82, 2.24) is 19.9 Å². The number of hydrogen-bond acceptors (Lipinski definition) is 9. The molecule has 178 valence electrons. The second kappa shape index (κ2) is 11.3. The van der Waals surface area contributed by atoms with Gasteiger partial charge in [-0.2, -0.15) is 0 Å². The summed E-state index contributed by atoms with van der Waals surface area (Å²) >= 11 is 3.27. The van der Waals surface area contributed by atoms with Crippen LogP contribution >= 0.6 is 15.9 Å². The Morgan fingerprint density at radius 2 is 1.66 bits per heavy atom. The maximum atomic E-state index is 12.3. The fourth-order valence-electron chi connectivity index (χ4n) is 3.01. The third-order valence-corrected chi connectivity index (χ3v) is 4.98. The van der Waals surface area contributed by atoms with E-state index in [1.807, 2.05) is 6.07 Å². The van der Waals surface area contributed by atoms with E-state index in [9.17, 15) is 4.79 Å². The van der Waals surface area contributed by atoms with Crippen LogP contribution in [0.15, 0.2) is 71.6 Å². The van der Waals surface area contributed by atoms with Crippen molar-refractivity contribution in [3.63, 3.8) is 0 Å². The minimum absolute atomic E-state index is 0.0896. The van der Waals surface area contributed by atoms with Gasteiger partial charge in [0, 0.05) is 24.7 Å². The van der Waals surface area contributed by atoms with E-state index in [1.165, 1.54) is 13.2 Å². The van der Waals surface area contributed by atoms with Gasteiger partial charge >= 0.3 is 6.01 Å². The molecule has 1 amide bonds. The first kappa shape index (κ1) is 23.9. The Kier molecular flexibility index (Phi) is 7.68. The van der Waals surface area contributed by atoms with Crippen molar-refractivity contribution in [1.29, 1.82) is 0 Å². The highest BCUT2D eigenvalue weighted by Gasteiger charge is 2.21. The van der Waals surface area contributed by atoms with Gasteiger partial charge in [-0.1, -0.05) is 18.2 Å². The molecule has 11 heteroatoms. The number of nitrogens with zero attached hydrogens (tertiary/aromatic N) is 4. The minimum Gasteiger partial charge on any atom is -0.493 e. The fourth-order valence-corrected chi connectivity index (χ4v) is 3.21. The number of aromatic nitrogens is 4. The van der Waals surface area contributed by atoms with E-state index in [1.54, 1.807) is 55.0 Å². The summed E-state index contributed by atoms with van der Waals surface area (Å²) in [7, 11) is 1.53. The molecule has 0 atom stereocenters. The van der Waals surface area contributed by atoms with Gasteiger partial charge in [0.25, 0.3) is 11.8 Å². The first-order valence-electron chi connectivity index (χ1n) is 10.4. The highest BCUT2D eigenvalue weighted by Crippen LogP contribution is 2.38. The molecule has 0 saturated heterocycles. The molecule has 0 aliphatic heterocycles. The zero-order chi connectivity index (χ0) is 24.6. The quantitative estimate of drug-likeness (QED) is 0.297. The predicted molar refractivity (Wildman–Crippen MR) is 130 cm³/mol. The van der Waals surface area contributed by atoms with Crippen LogP contribution in [0, 0.1) is 0 Å². The maximum Gasteiger partial charge on any atom is 0.316 e. The number of benzene rings is 1. The molecule has 35 heavy (non-hydrogen) atoms. The molecule has 0 spiro atoms. The summed E-state index contributed by atoms with van der Waals surface area (Å²) in [4.78, 5) is 29.2. The van der Waals surface area contributed by atoms with Crippen LogP contribution in [0.4, 0.5) is 0 Å². The average molecular weight is 538 g/mol. The van der Waals surface area contributed by atoms with Crippen molar-refractivity contribution >= 4 is 21.8 Å². The Morgan fingerprint density at radius 1 is 0.943 bits per heavy atom. The molecule has 0 aliphatic rings. The first-order chi connectivity index (χ1) is 17.0. The molecule has 0 fully saturated rings. The van der Waals surface area contributed by atoms with Gasteiger partial charge in [-0.25, -0.2) is 15.0 Å². The van der Waals surface area contributed by atoms with Gasteiger partial charge in [-0.15, -0.1) is 0 Å². The summed E-state index contributed by atoms with van der Waals surface area (Å²) in [5.41, 5.74) is 6.49. The van der Waals surface area contributed by atoms with Crippen LogP contribution in [0.3, 0.4) is 0 Å². The molecule has 0 saturated carbocycles. The molecule has 0 bridgehead atoms. The van der Waals surface area contributed by atoms with Gasteiger partial charge in [0.15, 0.2) is 17.2 Å². The number of nitrogens with two attached hydrogens (primary N) is 1. The van der Waals surface area contributed by atoms with Crippen molar-refractivity contribution in [2.75, 3.05) is 20.3 Å².